The van der Waals surface area contributed by atoms with Crippen LogP contribution in [0.4, 0.5) is 0 Å². The number of nitrogens with zero attached hydrogens (tertiary/aromatic N) is 1. The second kappa shape index (κ2) is 5.85. The molecule has 0 aliphatic carbocycles. The van der Waals surface area contributed by atoms with Crippen LogP contribution in [0.5, 0.6) is 0 Å². The van der Waals surface area contributed by atoms with Gasteiger partial charge in [-0.3, -0.25) is 4.55 Å². The van der Waals surface area contributed by atoms with E-state index in [1.165, 1.54) is 6.07 Å². The predicted molar refractivity (Wildman–Crippen MR) is 77.1 cm³/mol. The Morgan fingerprint density at radius 3 is 2.30 bits per heavy atom. The molecule has 1 aromatic heterocycles. The third-order valence-electron chi connectivity index (χ3n) is 2.70. The fraction of sp³-hybridized carbons (Fsp3) is 0.0714. The Morgan fingerprint density at radius 2 is 1.70 bits per heavy atom. The van der Waals surface area contributed by atoms with Gasteiger partial charge in [0.25, 0.3) is 10.1 Å². The van der Waals surface area contributed by atoms with E-state index in [0.29, 0.717) is 5.56 Å². The summed E-state index contributed by atoms with van der Waals surface area (Å²) in [4.78, 5) is 7.04. The largest absolute Gasteiger partial charge is 0.345 e. The quantitative estimate of drug-likeness (QED) is 0.675. The van der Waals surface area contributed by atoms with Gasteiger partial charge in [0, 0.05) is 0 Å². The number of para-hydroxylation sites is 2. The van der Waals surface area contributed by atoms with E-state index >= 15 is 0 Å². The predicted octanol–water partition coefficient (Wildman–Crippen LogP) is 2.80. The molecule has 0 saturated carbocycles. The normalized spacial score (nSPS) is 10.9. The van der Waals surface area contributed by atoms with Gasteiger partial charge in [0.05, 0.1) is 22.3 Å². The summed E-state index contributed by atoms with van der Waals surface area (Å²) < 4.78 is 29.9. The van der Waals surface area contributed by atoms with Crippen LogP contribution in [-0.2, 0) is 10.1 Å². The number of hydrogen-bond donors (Lipinski definition) is 2. The summed E-state index contributed by atoms with van der Waals surface area (Å²) >= 11 is 0. The number of nitrogens with one attached hydrogen (secondary N) is 1. The van der Waals surface area contributed by atoms with Crippen molar-refractivity contribution in [3.63, 3.8) is 0 Å². The lowest BCUT2D eigenvalue weighted by Gasteiger charge is -1.99. The van der Waals surface area contributed by atoms with Gasteiger partial charge in [-0.05, 0) is 30.7 Å². The number of benzene rings is 2. The summed E-state index contributed by atoms with van der Waals surface area (Å²) in [5.74, 6) is 0. The first kappa shape index (κ1) is 14.2. The zero-order valence-corrected chi connectivity index (χ0v) is 11.6. The Hall–Kier alpha value is -2.18. The van der Waals surface area contributed by atoms with Crippen molar-refractivity contribution >= 4 is 21.2 Å². The van der Waals surface area contributed by atoms with E-state index in [9.17, 15) is 8.42 Å². The molecular weight excluding hydrogens is 276 g/mol. The molecule has 0 bridgehead atoms. The summed E-state index contributed by atoms with van der Waals surface area (Å²) in [6, 6.07) is 14.2. The molecule has 3 rings (SSSR count). The molecule has 0 aliphatic rings. The van der Waals surface area contributed by atoms with Gasteiger partial charge in [0.15, 0.2) is 0 Å². The average Bonchev–Trinajstić information content (AvgIpc) is 2.87. The molecule has 2 aromatic carbocycles. The van der Waals surface area contributed by atoms with E-state index in [2.05, 4.69) is 9.97 Å². The van der Waals surface area contributed by atoms with E-state index in [1.807, 2.05) is 24.3 Å². The van der Waals surface area contributed by atoms with Crippen molar-refractivity contribution in [3.05, 3.63) is 60.4 Å². The van der Waals surface area contributed by atoms with Crippen LogP contribution in [0.25, 0.3) is 11.0 Å². The highest BCUT2D eigenvalue weighted by molar-refractivity contribution is 7.85. The Balaban J connectivity index is 0.000000149. The van der Waals surface area contributed by atoms with Crippen molar-refractivity contribution in [1.82, 2.24) is 9.97 Å². The SMILES string of the molecule is Cc1ccccc1S(=O)(=O)O.c1ccc2[nH]cnc2c1. The maximum atomic E-state index is 10.6. The second-order valence-electron chi connectivity index (χ2n) is 4.16. The lowest BCUT2D eigenvalue weighted by atomic mass is 10.2. The molecule has 104 valence electrons. The van der Waals surface area contributed by atoms with Crippen molar-refractivity contribution in [1.29, 1.82) is 0 Å². The van der Waals surface area contributed by atoms with Crippen LogP contribution in [0.3, 0.4) is 0 Å². The second-order valence-corrected chi connectivity index (χ2v) is 5.55. The van der Waals surface area contributed by atoms with Gasteiger partial charge < -0.3 is 4.98 Å². The van der Waals surface area contributed by atoms with Crippen LogP contribution in [0.2, 0.25) is 0 Å². The van der Waals surface area contributed by atoms with Crippen LogP contribution in [0.15, 0.2) is 59.8 Å². The van der Waals surface area contributed by atoms with Gasteiger partial charge in [0.1, 0.15) is 0 Å². The summed E-state index contributed by atoms with van der Waals surface area (Å²) in [5.41, 5.74) is 2.67. The molecule has 0 atom stereocenters. The molecule has 0 spiro atoms. The number of rotatable bonds is 1. The minimum Gasteiger partial charge on any atom is -0.345 e. The fourth-order valence-corrected chi connectivity index (χ4v) is 2.45. The third-order valence-corrected chi connectivity index (χ3v) is 3.71. The number of aromatic nitrogens is 2. The molecule has 3 aromatic rings. The smallest absolute Gasteiger partial charge is 0.294 e. The van der Waals surface area contributed by atoms with E-state index in [1.54, 1.807) is 31.5 Å². The monoisotopic (exact) mass is 290 g/mol. The average molecular weight is 290 g/mol. The van der Waals surface area contributed by atoms with Crippen LogP contribution in [-0.4, -0.2) is 22.9 Å². The number of fused-ring (bicyclic) bond motifs is 1. The molecule has 1 heterocycles. The van der Waals surface area contributed by atoms with Crippen molar-refractivity contribution in [2.75, 3.05) is 0 Å². The molecule has 6 heteroatoms. The highest BCUT2D eigenvalue weighted by Crippen LogP contribution is 2.12. The summed E-state index contributed by atoms with van der Waals surface area (Å²) in [6.45, 7) is 1.63. The van der Waals surface area contributed by atoms with Gasteiger partial charge in [0.2, 0.25) is 0 Å². The Bertz CT molecular complexity index is 780. The zero-order chi connectivity index (χ0) is 14.6. The molecule has 0 radical (unpaired) electrons. The summed E-state index contributed by atoms with van der Waals surface area (Å²) in [6.07, 6.45) is 1.70. The molecule has 0 fully saturated rings. The first-order valence-electron chi connectivity index (χ1n) is 5.90. The Labute approximate surface area is 117 Å². The lowest BCUT2D eigenvalue weighted by Crippen LogP contribution is -1.99. The van der Waals surface area contributed by atoms with Gasteiger partial charge in [-0.2, -0.15) is 8.42 Å². The molecule has 20 heavy (non-hydrogen) atoms. The van der Waals surface area contributed by atoms with Crippen LogP contribution < -0.4 is 0 Å². The molecule has 0 amide bonds. The number of aromatic amines is 1. The first-order valence-corrected chi connectivity index (χ1v) is 7.34. The highest BCUT2D eigenvalue weighted by Gasteiger charge is 2.10. The number of H-pyrrole nitrogens is 1. The van der Waals surface area contributed by atoms with Crippen LogP contribution in [0, 0.1) is 6.92 Å². The maximum absolute atomic E-state index is 10.6. The van der Waals surface area contributed by atoms with Crippen molar-refractivity contribution in [2.24, 2.45) is 0 Å². The van der Waals surface area contributed by atoms with Crippen LogP contribution >= 0.6 is 0 Å². The fourth-order valence-electron chi connectivity index (χ4n) is 1.73. The number of hydrogen-bond acceptors (Lipinski definition) is 3. The van der Waals surface area contributed by atoms with Crippen LogP contribution in [0.1, 0.15) is 5.56 Å². The molecule has 5 nitrogen and oxygen atoms in total. The van der Waals surface area contributed by atoms with Crippen molar-refractivity contribution in [2.45, 2.75) is 11.8 Å². The third kappa shape index (κ3) is 3.43. The topological polar surface area (TPSA) is 83.0 Å². The molecule has 0 aliphatic heterocycles. The van der Waals surface area contributed by atoms with Gasteiger partial charge >= 0.3 is 0 Å². The summed E-state index contributed by atoms with van der Waals surface area (Å²) in [7, 11) is -4.03. The minimum atomic E-state index is -4.03. The Morgan fingerprint density at radius 1 is 1.05 bits per heavy atom. The molecule has 0 saturated heterocycles. The van der Waals surface area contributed by atoms with E-state index < -0.39 is 10.1 Å². The van der Waals surface area contributed by atoms with Gasteiger partial charge in [-0.1, -0.05) is 30.3 Å². The van der Waals surface area contributed by atoms with Crippen molar-refractivity contribution in [3.8, 4) is 0 Å². The van der Waals surface area contributed by atoms with Crippen molar-refractivity contribution < 1.29 is 13.0 Å². The molecule has 0 unspecified atom stereocenters. The van der Waals surface area contributed by atoms with Gasteiger partial charge in [-0.25, -0.2) is 4.98 Å². The minimum absolute atomic E-state index is 0.0278. The highest BCUT2D eigenvalue weighted by atomic mass is 32.2. The zero-order valence-electron chi connectivity index (χ0n) is 10.8. The number of aryl methyl sites for hydroxylation is 1. The summed E-state index contributed by atoms with van der Waals surface area (Å²) in [5, 5.41) is 0. The maximum Gasteiger partial charge on any atom is 0.294 e. The Kier molecular flexibility index (Phi) is 4.16. The lowest BCUT2D eigenvalue weighted by molar-refractivity contribution is 0.482. The van der Waals surface area contributed by atoms with Gasteiger partial charge in [-0.15, -0.1) is 0 Å². The molecular formula is C14H14N2O3S. The van der Waals surface area contributed by atoms with E-state index in [4.69, 9.17) is 4.55 Å². The van der Waals surface area contributed by atoms with E-state index in [0.717, 1.165) is 11.0 Å². The standard InChI is InChI=1S/C7H6N2.C7H8O3S/c1-2-4-7-6(3-1)8-5-9-7;1-6-4-2-3-5-7(6)11(8,9)10/h1-5H,(H,8,9);2-5H,1H3,(H,8,9,10). The van der Waals surface area contributed by atoms with E-state index in [-0.39, 0.29) is 4.90 Å². The molecule has 2 N–H and O–H groups in total. The number of imidazole rings is 1. The first-order chi connectivity index (χ1) is 9.48.